The fourth-order valence-corrected chi connectivity index (χ4v) is 5.55. The van der Waals surface area contributed by atoms with Crippen molar-refractivity contribution >= 4 is 28.0 Å². The number of aromatic nitrogens is 2. The lowest BCUT2D eigenvalue weighted by molar-refractivity contribution is 0.0982. The third-order valence-corrected chi connectivity index (χ3v) is 7.77. The molecule has 2 fully saturated rings. The van der Waals surface area contributed by atoms with Gasteiger partial charge in [-0.1, -0.05) is 24.3 Å². The van der Waals surface area contributed by atoms with Crippen molar-refractivity contribution in [2.45, 2.75) is 32.4 Å². The van der Waals surface area contributed by atoms with Gasteiger partial charge < -0.3 is 14.5 Å². The minimum Gasteiger partial charge on any atom is -0.380 e. The maximum Gasteiger partial charge on any atom is 0.0914 e. The van der Waals surface area contributed by atoms with Crippen LogP contribution in [0.1, 0.15) is 36.6 Å². The number of piperidine rings is 1. The minimum absolute atomic E-state index is 0.461. The maximum absolute atomic E-state index is 8.90. The van der Waals surface area contributed by atoms with Crippen LogP contribution in [-0.4, -0.2) is 84.9 Å². The van der Waals surface area contributed by atoms with E-state index in [9.17, 15) is 0 Å². The summed E-state index contributed by atoms with van der Waals surface area (Å²) >= 11 is 0. The van der Waals surface area contributed by atoms with Crippen LogP contribution in [0.25, 0.3) is 16.6 Å². The zero-order chi connectivity index (χ0) is 25.8. The van der Waals surface area contributed by atoms with E-state index >= 15 is 0 Å². The van der Waals surface area contributed by atoms with E-state index in [0.717, 1.165) is 52.2 Å². The van der Waals surface area contributed by atoms with Crippen molar-refractivity contribution in [2.75, 3.05) is 58.3 Å². The highest BCUT2D eigenvalue weighted by Gasteiger charge is 2.27. The number of allylic oxidation sites excluding steroid dienone is 2. The Morgan fingerprint density at radius 3 is 2.54 bits per heavy atom. The first kappa shape index (κ1) is 25.5. The molecule has 0 unspecified atom stereocenters. The predicted octanol–water partition coefficient (Wildman–Crippen LogP) is 4.46. The Bertz CT molecular complexity index is 1270. The van der Waals surface area contributed by atoms with Gasteiger partial charge in [-0.2, -0.15) is 0 Å². The highest BCUT2D eigenvalue weighted by atomic mass is 16.5. The Hall–Kier alpha value is -3.13. The molecule has 0 saturated carbocycles. The lowest BCUT2D eigenvalue weighted by atomic mass is 9.97. The van der Waals surface area contributed by atoms with Crippen molar-refractivity contribution in [3.05, 3.63) is 71.6 Å². The summed E-state index contributed by atoms with van der Waals surface area (Å²) in [4.78, 5) is 17.3. The van der Waals surface area contributed by atoms with Gasteiger partial charge in [0.25, 0.3) is 0 Å². The highest BCUT2D eigenvalue weighted by Crippen LogP contribution is 2.27. The van der Waals surface area contributed by atoms with E-state index in [1.54, 1.807) is 7.11 Å². The Balaban J connectivity index is 1.32. The van der Waals surface area contributed by atoms with Crippen LogP contribution in [0.4, 0.5) is 5.69 Å². The summed E-state index contributed by atoms with van der Waals surface area (Å²) in [5.41, 5.74) is 6.87. The summed E-state index contributed by atoms with van der Waals surface area (Å²) in [6.45, 7) is 9.31. The van der Waals surface area contributed by atoms with Gasteiger partial charge >= 0.3 is 0 Å². The number of pyridine rings is 2. The van der Waals surface area contributed by atoms with Crippen LogP contribution in [0, 0.1) is 5.41 Å². The van der Waals surface area contributed by atoms with Gasteiger partial charge in [0.2, 0.25) is 0 Å². The molecule has 2 aliphatic rings. The molecule has 4 heterocycles. The normalized spacial score (nSPS) is 18.5. The third-order valence-electron chi connectivity index (χ3n) is 7.77. The summed E-state index contributed by atoms with van der Waals surface area (Å²) < 4.78 is 5.27. The Kier molecular flexibility index (Phi) is 7.93. The number of likely N-dealkylation sites (N-methyl/N-ethyl adjacent to an activating group) is 1. The van der Waals surface area contributed by atoms with Crippen molar-refractivity contribution in [3.8, 4) is 0 Å². The molecule has 194 valence electrons. The summed E-state index contributed by atoms with van der Waals surface area (Å²) in [6, 6.07) is 14.8. The molecule has 2 saturated heterocycles. The molecule has 2 aromatic heterocycles. The number of benzene rings is 1. The molecule has 0 atom stereocenters. The number of nitrogens with one attached hydrogen (secondary N) is 1. The predicted molar refractivity (Wildman–Crippen MR) is 151 cm³/mol. The molecule has 0 bridgehead atoms. The molecular formula is C30H38N6O. The molecule has 7 heteroatoms. The number of hydrogen-bond acceptors (Lipinski definition) is 7. The number of rotatable bonds is 7. The van der Waals surface area contributed by atoms with Crippen LogP contribution in [0.3, 0.4) is 0 Å². The number of ether oxygens (including phenoxy) is 1. The van der Waals surface area contributed by atoms with Crippen molar-refractivity contribution < 1.29 is 4.74 Å². The fourth-order valence-electron chi connectivity index (χ4n) is 5.55. The zero-order valence-corrected chi connectivity index (χ0v) is 22.3. The van der Waals surface area contributed by atoms with E-state index in [4.69, 9.17) is 20.1 Å². The molecule has 1 aromatic carbocycles. The van der Waals surface area contributed by atoms with Crippen molar-refractivity contribution in [1.29, 1.82) is 5.41 Å². The quantitative estimate of drug-likeness (QED) is 0.485. The smallest absolute Gasteiger partial charge is 0.0914 e. The average molecular weight is 499 g/mol. The van der Waals surface area contributed by atoms with E-state index in [0.29, 0.717) is 18.4 Å². The molecule has 1 N–H and O–H groups in total. The molecule has 3 aromatic rings. The van der Waals surface area contributed by atoms with Crippen LogP contribution in [0.15, 0.2) is 54.7 Å². The minimum atomic E-state index is 0.461. The van der Waals surface area contributed by atoms with Gasteiger partial charge in [-0.05, 0) is 56.6 Å². The fraction of sp³-hybridized carbons (Fsp3) is 0.433. The topological polar surface area (TPSA) is 68.6 Å². The molecule has 0 radical (unpaired) electrons. The largest absolute Gasteiger partial charge is 0.380 e. The number of fused-ring (bicyclic) bond motifs is 1. The Labute approximate surface area is 220 Å². The van der Waals surface area contributed by atoms with Crippen LogP contribution >= 0.6 is 0 Å². The van der Waals surface area contributed by atoms with Crippen molar-refractivity contribution in [2.24, 2.45) is 0 Å². The van der Waals surface area contributed by atoms with Gasteiger partial charge in [0.05, 0.1) is 40.9 Å². The first-order valence-electron chi connectivity index (χ1n) is 13.3. The molecule has 0 spiro atoms. The molecular weight excluding hydrogens is 460 g/mol. The second-order valence-corrected chi connectivity index (χ2v) is 10.2. The van der Waals surface area contributed by atoms with Crippen molar-refractivity contribution in [1.82, 2.24) is 19.8 Å². The number of hydrogen-bond donors (Lipinski definition) is 1. The lowest BCUT2D eigenvalue weighted by Gasteiger charge is -2.42. The van der Waals surface area contributed by atoms with E-state index < -0.39 is 0 Å². The summed E-state index contributed by atoms with van der Waals surface area (Å²) in [7, 11) is 3.90. The van der Waals surface area contributed by atoms with Crippen LogP contribution < -0.4 is 4.90 Å². The van der Waals surface area contributed by atoms with Crippen LogP contribution in [-0.2, 0) is 11.3 Å². The Morgan fingerprint density at radius 2 is 1.81 bits per heavy atom. The lowest BCUT2D eigenvalue weighted by Crippen LogP contribution is -2.52. The van der Waals surface area contributed by atoms with E-state index in [1.165, 1.54) is 39.0 Å². The highest BCUT2D eigenvalue weighted by molar-refractivity contribution is 6.30. The van der Waals surface area contributed by atoms with Gasteiger partial charge in [0, 0.05) is 63.6 Å². The molecule has 0 aliphatic carbocycles. The molecule has 37 heavy (non-hydrogen) atoms. The second kappa shape index (κ2) is 11.5. The Morgan fingerprint density at radius 1 is 1.03 bits per heavy atom. The van der Waals surface area contributed by atoms with Gasteiger partial charge in [-0.25, -0.2) is 4.98 Å². The van der Waals surface area contributed by atoms with E-state index in [2.05, 4.69) is 27.8 Å². The SMILES string of the molecule is C/C=C(\C(=N)c1cccc(COC)c1)c1ccc2ncc(N3CCC(N4CCN(C)CC4)CC3)cc2n1. The van der Waals surface area contributed by atoms with Crippen molar-refractivity contribution in [3.63, 3.8) is 0 Å². The van der Waals surface area contributed by atoms with Gasteiger partial charge in [0.15, 0.2) is 0 Å². The summed E-state index contributed by atoms with van der Waals surface area (Å²) in [6.07, 6.45) is 6.34. The summed E-state index contributed by atoms with van der Waals surface area (Å²) in [5, 5.41) is 8.90. The summed E-state index contributed by atoms with van der Waals surface area (Å²) in [5.74, 6) is 0. The number of anilines is 1. The molecule has 7 nitrogen and oxygen atoms in total. The monoisotopic (exact) mass is 498 g/mol. The third kappa shape index (κ3) is 5.74. The van der Waals surface area contributed by atoms with E-state index in [1.807, 2.05) is 55.6 Å². The second-order valence-electron chi connectivity index (χ2n) is 10.2. The number of nitrogens with zero attached hydrogens (tertiary/aromatic N) is 5. The van der Waals surface area contributed by atoms with Crippen LogP contribution in [0.2, 0.25) is 0 Å². The molecule has 0 amide bonds. The first-order valence-corrected chi connectivity index (χ1v) is 13.3. The number of piperazine rings is 1. The van der Waals surface area contributed by atoms with Crippen LogP contribution in [0.5, 0.6) is 0 Å². The molecule has 5 rings (SSSR count). The van der Waals surface area contributed by atoms with Gasteiger partial charge in [0.1, 0.15) is 0 Å². The van der Waals surface area contributed by atoms with E-state index in [-0.39, 0.29) is 0 Å². The number of methoxy groups -OCH3 is 1. The average Bonchev–Trinajstić information content (AvgIpc) is 2.94. The van der Waals surface area contributed by atoms with Gasteiger partial charge in [-0.3, -0.25) is 15.3 Å². The maximum atomic E-state index is 8.90. The standard InChI is InChI=1S/C30H38N6O/c1-4-26(30(31)23-7-5-6-22(18-23)21-37-3)27-8-9-28-29(33-27)19-25(20-32-28)35-12-10-24(11-13-35)36-16-14-34(2)15-17-36/h4-9,18-20,24,31H,10-17,21H2,1-3H3/b26-4-,31-30?. The first-order chi connectivity index (χ1) is 18.1. The zero-order valence-electron chi connectivity index (χ0n) is 22.3. The van der Waals surface area contributed by atoms with Gasteiger partial charge in [-0.15, -0.1) is 0 Å². The molecule has 2 aliphatic heterocycles.